The fourth-order valence-corrected chi connectivity index (χ4v) is 4.83. The molecule has 1 N–H and O–H groups in total. The number of methoxy groups -OCH3 is 1. The molecule has 2 aromatic rings. The first-order valence-corrected chi connectivity index (χ1v) is 10.9. The van der Waals surface area contributed by atoms with Crippen LogP contribution in [-0.4, -0.2) is 73.2 Å². The van der Waals surface area contributed by atoms with E-state index < -0.39 is 0 Å². The molecule has 2 amide bonds. The minimum absolute atomic E-state index is 0.104. The van der Waals surface area contributed by atoms with Gasteiger partial charge < -0.3 is 14.7 Å². The highest BCUT2D eigenvalue weighted by atomic mass is 35.5. The fourth-order valence-electron chi connectivity index (χ4n) is 3.82. The number of carbonyl (C=O) groups is 2. The van der Waals surface area contributed by atoms with E-state index in [1.165, 1.54) is 23.3 Å². The largest absolute Gasteiger partial charge is 0.495 e. The SMILES string of the molecule is COc1ccc(N2C(=O)C(c3cccs3)=C(N3CCN(CCO)CC3)C2=O)cc1Cl. The van der Waals surface area contributed by atoms with Crippen molar-refractivity contribution >= 4 is 46.0 Å². The lowest BCUT2D eigenvalue weighted by molar-refractivity contribution is -0.120. The van der Waals surface area contributed by atoms with Crippen LogP contribution in [0, 0.1) is 0 Å². The molecule has 158 valence electrons. The van der Waals surface area contributed by atoms with Crippen LogP contribution in [0.25, 0.3) is 5.57 Å². The molecule has 7 nitrogen and oxygen atoms in total. The number of aliphatic hydroxyl groups is 1. The van der Waals surface area contributed by atoms with E-state index in [1.807, 2.05) is 22.4 Å². The molecule has 1 fully saturated rings. The van der Waals surface area contributed by atoms with Crippen molar-refractivity contribution in [1.29, 1.82) is 0 Å². The van der Waals surface area contributed by atoms with Crippen molar-refractivity contribution in [3.8, 4) is 5.75 Å². The lowest BCUT2D eigenvalue weighted by Gasteiger charge is -2.36. The molecular formula is C21H22ClN3O4S. The molecule has 4 rings (SSSR count). The maximum Gasteiger partial charge on any atom is 0.282 e. The molecule has 1 aromatic heterocycles. The monoisotopic (exact) mass is 447 g/mol. The molecule has 1 saturated heterocycles. The van der Waals surface area contributed by atoms with Crippen molar-refractivity contribution in [2.45, 2.75) is 0 Å². The molecule has 0 spiro atoms. The van der Waals surface area contributed by atoms with Gasteiger partial charge in [-0.05, 0) is 29.6 Å². The lowest BCUT2D eigenvalue weighted by Crippen LogP contribution is -2.48. The van der Waals surface area contributed by atoms with E-state index >= 15 is 0 Å². The summed E-state index contributed by atoms with van der Waals surface area (Å²) in [7, 11) is 1.51. The summed E-state index contributed by atoms with van der Waals surface area (Å²) in [6.07, 6.45) is 0. The number of β-amino-alcohol motifs (C(OH)–C–C–N with tert-alkyl or cyclic N) is 1. The van der Waals surface area contributed by atoms with E-state index in [1.54, 1.807) is 18.2 Å². The third-order valence-electron chi connectivity index (χ3n) is 5.33. The van der Waals surface area contributed by atoms with Gasteiger partial charge in [-0.1, -0.05) is 17.7 Å². The summed E-state index contributed by atoms with van der Waals surface area (Å²) in [4.78, 5) is 33.0. The highest BCUT2D eigenvalue weighted by Gasteiger charge is 2.43. The number of benzene rings is 1. The third kappa shape index (κ3) is 3.72. The van der Waals surface area contributed by atoms with Crippen molar-refractivity contribution in [1.82, 2.24) is 9.80 Å². The number of nitrogens with zero attached hydrogens (tertiary/aromatic N) is 3. The van der Waals surface area contributed by atoms with Crippen molar-refractivity contribution < 1.29 is 19.4 Å². The summed E-state index contributed by atoms with van der Waals surface area (Å²) in [6, 6.07) is 8.61. The van der Waals surface area contributed by atoms with Crippen LogP contribution < -0.4 is 9.64 Å². The Morgan fingerprint density at radius 3 is 2.50 bits per heavy atom. The number of aliphatic hydroxyl groups excluding tert-OH is 1. The molecule has 0 radical (unpaired) electrons. The maximum atomic E-state index is 13.5. The third-order valence-corrected chi connectivity index (χ3v) is 6.51. The van der Waals surface area contributed by atoms with Gasteiger partial charge in [0, 0.05) is 37.6 Å². The van der Waals surface area contributed by atoms with Crippen LogP contribution in [0.3, 0.4) is 0 Å². The molecule has 0 bridgehead atoms. The van der Waals surface area contributed by atoms with E-state index in [0.717, 1.165) is 18.0 Å². The minimum atomic E-state index is -0.350. The highest BCUT2D eigenvalue weighted by Crippen LogP contribution is 2.38. The number of rotatable bonds is 6. The number of ether oxygens (including phenoxy) is 1. The number of carbonyl (C=O) groups excluding carboxylic acids is 2. The number of piperazine rings is 1. The summed E-state index contributed by atoms with van der Waals surface area (Å²) in [6.45, 7) is 3.37. The van der Waals surface area contributed by atoms with Gasteiger partial charge in [-0.15, -0.1) is 11.3 Å². The predicted octanol–water partition coefficient (Wildman–Crippen LogP) is 2.30. The molecule has 3 heterocycles. The van der Waals surface area contributed by atoms with Crippen LogP contribution in [0.1, 0.15) is 4.88 Å². The van der Waals surface area contributed by atoms with E-state index in [2.05, 4.69) is 4.90 Å². The van der Waals surface area contributed by atoms with Crippen LogP contribution >= 0.6 is 22.9 Å². The van der Waals surface area contributed by atoms with Gasteiger partial charge in [0.15, 0.2) is 0 Å². The second-order valence-electron chi connectivity index (χ2n) is 7.02. The van der Waals surface area contributed by atoms with Gasteiger partial charge in [0.2, 0.25) is 0 Å². The number of amides is 2. The average molecular weight is 448 g/mol. The van der Waals surface area contributed by atoms with Gasteiger partial charge in [0.05, 0.1) is 30.0 Å². The Morgan fingerprint density at radius 2 is 1.90 bits per heavy atom. The van der Waals surface area contributed by atoms with Crippen molar-refractivity contribution in [2.24, 2.45) is 0 Å². The van der Waals surface area contributed by atoms with E-state index in [-0.39, 0.29) is 18.4 Å². The van der Waals surface area contributed by atoms with Crippen molar-refractivity contribution in [3.63, 3.8) is 0 Å². The summed E-state index contributed by atoms with van der Waals surface area (Å²) in [5, 5.41) is 11.4. The maximum absolute atomic E-state index is 13.5. The Morgan fingerprint density at radius 1 is 1.13 bits per heavy atom. The summed E-state index contributed by atoms with van der Waals surface area (Å²) < 4.78 is 5.18. The molecule has 0 aliphatic carbocycles. The predicted molar refractivity (Wildman–Crippen MR) is 117 cm³/mol. The smallest absolute Gasteiger partial charge is 0.282 e. The zero-order valence-electron chi connectivity index (χ0n) is 16.5. The zero-order chi connectivity index (χ0) is 21.3. The van der Waals surface area contributed by atoms with Gasteiger partial charge in [0.25, 0.3) is 11.8 Å². The standard InChI is InChI=1S/C21H22ClN3O4S/c1-29-16-5-4-14(13-15(16)22)25-20(27)18(17-3-2-12-30-17)19(21(25)28)24-8-6-23(7-9-24)10-11-26/h2-5,12-13,26H,6-11H2,1H3. The van der Waals surface area contributed by atoms with Gasteiger partial charge in [0.1, 0.15) is 11.4 Å². The quantitative estimate of drug-likeness (QED) is 0.685. The number of hydrogen-bond acceptors (Lipinski definition) is 7. The van der Waals surface area contributed by atoms with Gasteiger partial charge in [-0.25, -0.2) is 4.90 Å². The molecule has 0 unspecified atom stereocenters. The first-order chi connectivity index (χ1) is 14.5. The van der Waals surface area contributed by atoms with Crippen molar-refractivity contribution in [3.05, 3.63) is 51.3 Å². The van der Waals surface area contributed by atoms with Crippen LogP contribution in [0.2, 0.25) is 5.02 Å². The number of hydrogen-bond donors (Lipinski definition) is 1. The molecule has 1 aromatic carbocycles. The van der Waals surface area contributed by atoms with Crippen LogP contribution in [-0.2, 0) is 9.59 Å². The molecule has 2 aliphatic rings. The van der Waals surface area contributed by atoms with Gasteiger partial charge in [-0.2, -0.15) is 0 Å². The van der Waals surface area contributed by atoms with Crippen LogP contribution in [0.15, 0.2) is 41.4 Å². The van der Waals surface area contributed by atoms with E-state index in [4.69, 9.17) is 16.3 Å². The highest BCUT2D eigenvalue weighted by molar-refractivity contribution is 7.11. The Balaban J connectivity index is 1.70. The van der Waals surface area contributed by atoms with E-state index in [0.29, 0.717) is 47.4 Å². The minimum Gasteiger partial charge on any atom is -0.495 e. The summed E-state index contributed by atoms with van der Waals surface area (Å²) in [5.74, 6) is -0.220. The van der Waals surface area contributed by atoms with E-state index in [9.17, 15) is 14.7 Å². The summed E-state index contributed by atoms with van der Waals surface area (Å²) >= 11 is 7.68. The number of halogens is 1. The second-order valence-corrected chi connectivity index (χ2v) is 8.37. The first-order valence-electron chi connectivity index (χ1n) is 9.63. The molecule has 9 heteroatoms. The average Bonchev–Trinajstić information content (AvgIpc) is 3.35. The molecule has 2 aliphatic heterocycles. The second kappa shape index (κ2) is 8.77. The fraction of sp³-hybridized carbons (Fsp3) is 0.333. The van der Waals surface area contributed by atoms with Crippen LogP contribution in [0.4, 0.5) is 5.69 Å². The molecule has 0 atom stereocenters. The zero-order valence-corrected chi connectivity index (χ0v) is 18.1. The lowest BCUT2D eigenvalue weighted by atomic mass is 10.1. The Bertz CT molecular complexity index is 984. The molecule has 30 heavy (non-hydrogen) atoms. The Kier molecular flexibility index (Phi) is 6.10. The summed E-state index contributed by atoms with van der Waals surface area (Å²) in [5.41, 5.74) is 1.27. The van der Waals surface area contributed by atoms with Crippen molar-refractivity contribution in [2.75, 3.05) is 51.3 Å². The molecule has 0 saturated carbocycles. The molecular weight excluding hydrogens is 426 g/mol. The Labute approximate surface area is 183 Å². The number of thiophene rings is 1. The first kappa shape index (κ1) is 20.9. The van der Waals surface area contributed by atoms with Gasteiger partial charge in [-0.3, -0.25) is 14.5 Å². The number of imide groups is 1. The topological polar surface area (TPSA) is 73.3 Å². The Hall–Kier alpha value is -2.39. The normalized spacial score (nSPS) is 18.0. The van der Waals surface area contributed by atoms with Crippen LogP contribution in [0.5, 0.6) is 5.75 Å². The number of anilines is 1. The van der Waals surface area contributed by atoms with Gasteiger partial charge >= 0.3 is 0 Å².